The summed E-state index contributed by atoms with van der Waals surface area (Å²) in [6, 6.07) is 0.256. The lowest BCUT2D eigenvalue weighted by atomic mass is 9.91. The Morgan fingerprint density at radius 3 is 2.76 bits per heavy atom. The van der Waals surface area contributed by atoms with E-state index in [2.05, 4.69) is 23.3 Å². The van der Waals surface area contributed by atoms with E-state index in [0.717, 1.165) is 0 Å². The monoisotopic (exact) mass is 268 g/mol. The van der Waals surface area contributed by atoms with Crippen molar-refractivity contribution >= 4 is 30.1 Å². The van der Waals surface area contributed by atoms with Gasteiger partial charge in [-0.2, -0.15) is 0 Å². The Morgan fingerprint density at radius 1 is 1.29 bits per heavy atom. The Bertz CT molecular complexity index is 450. The zero-order valence-corrected chi connectivity index (χ0v) is 11.5. The topological polar surface area (TPSA) is 24.4 Å². The summed E-state index contributed by atoms with van der Waals surface area (Å²) in [5.74, 6) is 0. The third-order valence-electron chi connectivity index (χ3n) is 3.41. The van der Waals surface area contributed by atoms with Gasteiger partial charge in [-0.1, -0.05) is 0 Å². The average Bonchev–Trinajstić information content (AvgIpc) is 2.69. The number of rotatable bonds is 1. The summed E-state index contributed by atoms with van der Waals surface area (Å²) < 4.78 is 0. The van der Waals surface area contributed by atoms with Crippen molar-refractivity contribution in [1.29, 1.82) is 0 Å². The SMILES string of the molecule is Cc1sc(C2C=CNC=N2)c2c1CCCC2.Cl. The number of halogens is 1. The van der Waals surface area contributed by atoms with Gasteiger partial charge in [0.25, 0.3) is 0 Å². The molecule has 1 aromatic rings. The second-order valence-electron chi connectivity index (χ2n) is 4.44. The third kappa shape index (κ3) is 2.26. The predicted octanol–water partition coefficient (Wildman–Crippen LogP) is 3.54. The fraction of sp³-hybridized carbons (Fsp3) is 0.462. The van der Waals surface area contributed by atoms with Gasteiger partial charge in [0.05, 0.1) is 6.34 Å². The highest BCUT2D eigenvalue weighted by atomic mass is 35.5. The number of hydrogen-bond donors (Lipinski definition) is 1. The average molecular weight is 269 g/mol. The van der Waals surface area contributed by atoms with Crippen LogP contribution < -0.4 is 5.32 Å². The molecule has 1 aromatic heterocycles. The van der Waals surface area contributed by atoms with E-state index in [4.69, 9.17) is 0 Å². The summed E-state index contributed by atoms with van der Waals surface area (Å²) >= 11 is 1.94. The molecule has 2 nitrogen and oxygen atoms in total. The molecule has 1 aliphatic heterocycles. The molecule has 0 fully saturated rings. The van der Waals surface area contributed by atoms with Gasteiger partial charge < -0.3 is 5.32 Å². The molecule has 1 atom stereocenters. The number of nitrogens with one attached hydrogen (secondary N) is 1. The quantitative estimate of drug-likeness (QED) is 0.828. The summed E-state index contributed by atoms with van der Waals surface area (Å²) in [4.78, 5) is 7.49. The van der Waals surface area contributed by atoms with E-state index in [9.17, 15) is 0 Å². The smallest absolute Gasteiger partial charge is 0.106 e. The first-order valence-corrected chi connectivity index (χ1v) is 6.73. The van der Waals surface area contributed by atoms with Crippen LogP contribution in [0.15, 0.2) is 17.3 Å². The first kappa shape index (κ1) is 12.7. The van der Waals surface area contributed by atoms with Gasteiger partial charge in [-0.15, -0.1) is 23.7 Å². The van der Waals surface area contributed by atoms with Gasteiger partial charge in [0.1, 0.15) is 6.04 Å². The summed E-state index contributed by atoms with van der Waals surface area (Å²) in [5.41, 5.74) is 3.22. The van der Waals surface area contributed by atoms with Gasteiger partial charge in [-0.25, -0.2) is 0 Å². The van der Waals surface area contributed by atoms with E-state index >= 15 is 0 Å². The van der Waals surface area contributed by atoms with Crippen molar-refractivity contribution in [2.75, 3.05) is 0 Å². The number of fused-ring (bicyclic) bond motifs is 1. The van der Waals surface area contributed by atoms with Gasteiger partial charge >= 0.3 is 0 Å². The standard InChI is InChI=1S/C13H16N2S.ClH/c1-9-10-4-2-3-5-11(10)13(16-9)12-6-7-14-8-15-12;/h6-8,12H,2-5H2,1H3,(H,14,15);1H. The van der Waals surface area contributed by atoms with E-state index in [-0.39, 0.29) is 18.4 Å². The molecule has 0 saturated carbocycles. The van der Waals surface area contributed by atoms with Crippen molar-refractivity contribution in [2.45, 2.75) is 38.6 Å². The molecule has 4 heteroatoms. The minimum Gasteiger partial charge on any atom is -0.353 e. The zero-order chi connectivity index (χ0) is 11.0. The van der Waals surface area contributed by atoms with Crippen LogP contribution in [0.2, 0.25) is 0 Å². The highest BCUT2D eigenvalue weighted by Gasteiger charge is 2.22. The fourth-order valence-electron chi connectivity index (χ4n) is 2.61. The van der Waals surface area contributed by atoms with Gasteiger partial charge in [0.15, 0.2) is 0 Å². The number of thiophene rings is 1. The third-order valence-corrected chi connectivity index (χ3v) is 4.67. The molecule has 0 radical (unpaired) electrons. The number of nitrogens with zero attached hydrogens (tertiary/aromatic N) is 1. The van der Waals surface area contributed by atoms with Crippen LogP contribution >= 0.6 is 23.7 Å². The molecule has 0 spiro atoms. The summed E-state index contributed by atoms with van der Waals surface area (Å²) in [6.45, 7) is 2.26. The van der Waals surface area contributed by atoms with Crippen molar-refractivity contribution in [3.63, 3.8) is 0 Å². The van der Waals surface area contributed by atoms with Crippen LogP contribution in [0.1, 0.15) is 39.8 Å². The highest BCUT2D eigenvalue weighted by Crippen LogP contribution is 2.39. The Balaban J connectivity index is 0.00000108. The van der Waals surface area contributed by atoms with Crippen molar-refractivity contribution < 1.29 is 0 Å². The van der Waals surface area contributed by atoms with Crippen molar-refractivity contribution in [2.24, 2.45) is 4.99 Å². The van der Waals surface area contributed by atoms with Gasteiger partial charge in [-0.3, -0.25) is 4.99 Å². The van der Waals surface area contributed by atoms with Crippen LogP contribution in [0.3, 0.4) is 0 Å². The van der Waals surface area contributed by atoms with Crippen molar-refractivity contribution in [3.05, 3.63) is 33.2 Å². The molecule has 3 rings (SSSR count). The maximum absolute atomic E-state index is 4.51. The molecular formula is C13H17ClN2S. The number of aryl methyl sites for hydroxylation is 1. The Hall–Kier alpha value is -0.800. The Labute approximate surface area is 112 Å². The first-order chi connectivity index (χ1) is 7.86. The first-order valence-electron chi connectivity index (χ1n) is 5.91. The van der Waals surface area contributed by atoms with E-state index < -0.39 is 0 Å². The van der Waals surface area contributed by atoms with Crippen LogP contribution in [0.25, 0.3) is 0 Å². The number of hydrogen-bond acceptors (Lipinski definition) is 3. The van der Waals surface area contributed by atoms with Crippen molar-refractivity contribution in [3.8, 4) is 0 Å². The lowest BCUT2D eigenvalue weighted by Crippen LogP contribution is -2.10. The van der Waals surface area contributed by atoms with Gasteiger partial charge in [-0.05, 0) is 49.8 Å². The molecule has 2 aliphatic rings. The second kappa shape index (κ2) is 5.23. The summed E-state index contributed by atoms with van der Waals surface area (Å²) in [6.07, 6.45) is 11.2. The van der Waals surface area contributed by atoms with Crippen LogP contribution in [-0.4, -0.2) is 6.34 Å². The molecule has 0 amide bonds. The minimum atomic E-state index is 0. The van der Waals surface area contributed by atoms with E-state index in [1.165, 1.54) is 35.4 Å². The highest BCUT2D eigenvalue weighted by molar-refractivity contribution is 7.12. The van der Waals surface area contributed by atoms with Gasteiger partial charge in [0.2, 0.25) is 0 Å². The van der Waals surface area contributed by atoms with E-state index in [1.807, 2.05) is 17.5 Å². The molecule has 0 bridgehead atoms. The predicted molar refractivity (Wildman–Crippen MR) is 76.5 cm³/mol. The molecule has 17 heavy (non-hydrogen) atoms. The second-order valence-corrected chi connectivity index (χ2v) is 5.69. The maximum Gasteiger partial charge on any atom is 0.106 e. The molecule has 0 aromatic carbocycles. The van der Waals surface area contributed by atoms with Crippen LogP contribution in [0.5, 0.6) is 0 Å². The van der Waals surface area contributed by atoms with Crippen LogP contribution in [-0.2, 0) is 12.8 Å². The fourth-order valence-corrected chi connectivity index (χ4v) is 3.90. The summed E-state index contributed by atoms with van der Waals surface area (Å²) in [7, 11) is 0. The van der Waals surface area contributed by atoms with E-state index in [0.29, 0.717) is 0 Å². The maximum atomic E-state index is 4.51. The largest absolute Gasteiger partial charge is 0.353 e. The van der Waals surface area contributed by atoms with Crippen LogP contribution in [0, 0.1) is 6.92 Å². The molecule has 1 aliphatic carbocycles. The summed E-state index contributed by atoms with van der Waals surface area (Å²) in [5, 5.41) is 3.00. The molecular weight excluding hydrogens is 252 g/mol. The molecule has 0 saturated heterocycles. The van der Waals surface area contributed by atoms with Crippen LogP contribution in [0.4, 0.5) is 0 Å². The molecule has 2 heterocycles. The lowest BCUT2D eigenvalue weighted by molar-refractivity contribution is 0.678. The normalized spacial score (nSPS) is 21.6. The minimum absolute atomic E-state index is 0. The van der Waals surface area contributed by atoms with E-state index in [1.54, 1.807) is 17.5 Å². The lowest BCUT2D eigenvalue weighted by Gasteiger charge is -2.16. The van der Waals surface area contributed by atoms with Crippen molar-refractivity contribution in [1.82, 2.24) is 5.32 Å². The zero-order valence-electron chi connectivity index (χ0n) is 9.90. The molecule has 1 unspecified atom stereocenters. The molecule has 92 valence electrons. The number of aliphatic imine (C=N–C) groups is 1. The molecule has 1 N–H and O–H groups in total. The Kier molecular flexibility index (Phi) is 3.89. The Morgan fingerprint density at radius 2 is 2.06 bits per heavy atom. The van der Waals surface area contributed by atoms with Gasteiger partial charge in [0, 0.05) is 16.0 Å².